The molecule has 0 fully saturated rings. The quantitative estimate of drug-likeness (QED) is 0.797. The van der Waals surface area contributed by atoms with E-state index in [2.05, 4.69) is 10.2 Å². The summed E-state index contributed by atoms with van der Waals surface area (Å²) < 4.78 is 10.9. The molecule has 1 unspecified atom stereocenters. The van der Waals surface area contributed by atoms with Gasteiger partial charge in [-0.1, -0.05) is 30.3 Å². The summed E-state index contributed by atoms with van der Waals surface area (Å²) in [4.78, 5) is 0. The number of rotatable bonds is 4. The Morgan fingerprint density at radius 1 is 1.22 bits per heavy atom. The highest BCUT2D eigenvalue weighted by Crippen LogP contribution is 2.30. The maximum absolute atomic E-state index is 6.30. The van der Waals surface area contributed by atoms with E-state index in [1.54, 1.807) is 7.11 Å². The predicted molar refractivity (Wildman–Crippen MR) is 68.5 cm³/mol. The van der Waals surface area contributed by atoms with Crippen LogP contribution in [0.3, 0.4) is 0 Å². The minimum Gasteiger partial charge on any atom is -0.420 e. The van der Waals surface area contributed by atoms with E-state index < -0.39 is 11.0 Å². The number of ether oxygens (including phenoxy) is 1. The normalized spacial score (nSPS) is 13.6. The molecule has 96 valence electrons. The lowest BCUT2D eigenvalue weighted by Crippen LogP contribution is -2.19. The Morgan fingerprint density at radius 2 is 1.89 bits per heavy atom. The lowest BCUT2D eigenvalue weighted by atomic mass is 10.1. The van der Waals surface area contributed by atoms with E-state index in [1.165, 1.54) is 0 Å². The molecule has 1 aromatic heterocycles. The molecule has 0 saturated carbocycles. The summed E-state index contributed by atoms with van der Waals surface area (Å²) in [5.41, 5.74) is 0.308. The fourth-order valence-electron chi connectivity index (χ4n) is 1.43. The first-order chi connectivity index (χ1) is 8.54. The summed E-state index contributed by atoms with van der Waals surface area (Å²) in [6, 6.07) is 9.61. The molecule has 1 atom stereocenters. The van der Waals surface area contributed by atoms with Gasteiger partial charge in [0.05, 0.1) is 0 Å². The number of methoxy groups -OCH3 is 1. The number of alkyl halides is 1. The molecule has 18 heavy (non-hydrogen) atoms. The van der Waals surface area contributed by atoms with Gasteiger partial charge in [0.2, 0.25) is 11.8 Å². The standard InChI is InChI=1S/C13H15ClN2O2/c1-13(2,17-3)12-16-15-11(18-12)10(14)9-7-5-4-6-8-9/h4-8,10H,1-3H3. The molecule has 0 radical (unpaired) electrons. The summed E-state index contributed by atoms with van der Waals surface area (Å²) in [5.74, 6) is 0.796. The summed E-state index contributed by atoms with van der Waals surface area (Å²) >= 11 is 6.30. The molecule has 4 nitrogen and oxygen atoms in total. The zero-order chi connectivity index (χ0) is 13.2. The molecule has 0 saturated heterocycles. The second kappa shape index (κ2) is 5.08. The van der Waals surface area contributed by atoms with Crippen molar-refractivity contribution in [2.75, 3.05) is 7.11 Å². The summed E-state index contributed by atoms with van der Waals surface area (Å²) in [6.07, 6.45) is 0. The van der Waals surface area contributed by atoms with E-state index in [0.717, 1.165) is 5.56 Å². The first-order valence-corrected chi connectivity index (χ1v) is 6.06. The Bertz CT molecular complexity index is 511. The third-order valence-corrected chi connectivity index (χ3v) is 3.21. The van der Waals surface area contributed by atoms with Crippen molar-refractivity contribution in [1.82, 2.24) is 10.2 Å². The van der Waals surface area contributed by atoms with Gasteiger partial charge in [-0.3, -0.25) is 0 Å². The average molecular weight is 267 g/mol. The van der Waals surface area contributed by atoms with Crippen molar-refractivity contribution in [3.05, 3.63) is 47.7 Å². The monoisotopic (exact) mass is 266 g/mol. The highest BCUT2D eigenvalue weighted by molar-refractivity contribution is 6.22. The highest BCUT2D eigenvalue weighted by Gasteiger charge is 2.28. The molecule has 0 spiro atoms. The zero-order valence-corrected chi connectivity index (χ0v) is 11.3. The molecule has 5 heteroatoms. The molecule has 0 N–H and O–H groups in total. The minimum absolute atomic E-state index is 0.378. The van der Waals surface area contributed by atoms with Gasteiger partial charge in [-0.05, 0) is 19.4 Å². The maximum atomic E-state index is 6.30. The lowest BCUT2D eigenvalue weighted by Gasteiger charge is -2.17. The van der Waals surface area contributed by atoms with Gasteiger partial charge in [0.1, 0.15) is 11.0 Å². The Hall–Kier alpha value is -1.39. The summed E-state index contributed by atoms with van der Waals surface area (Å²) in [7, 11) is 1.60. The van der Waals surface area contributed by atoms with Gasteiger partial charge in [-0.2, -0.15) is 0 Å². The van der Waals surface area contributed by atoms with Crippen molar-refractivity contribution in [2.24, 2.45) is 0 Å². The third-order valence-electron chi connectivity index (χ3n) is 2.78. The van der Waals surface area contributed by atoms with Gasteiger partial charge < -0.3 is 9.15 Å². The largest absolute Gasteiger partial charge is 0.420 e. The molecule has 0 bridgehead atoms. The van der Waals surface area contributed by atoms with E-state index >= 15 is 0 Å². The Balaban J connectivity index is 2.26. The topological polar surface area (TPSA) is 48.2 Å². The second-order valence-electron chi connectivity index (χ2n) is 4.43. The van der Waals surface area contributed by atoms with Crippen molar-refractivity contribution < 1.29 is 9.15 Å². The first kappa shape index (κ1) is 13.1. The fourth-order valence-corrected chi connectivity index (χ4v) is 1.67. The van der Waals surface area contributed by atoms with Gasteiger partial charge >= 0.3 is 0 Å². The van der Waals surface area contributed by atoms with Crippen LogP contribution >= 0.6 is 11.6 Å². The molecule has 1 aromatic carbocycles. The number of halogens is 1. The van der Waals surface area contributed by atoms with E-state index in [9.17, 15) is 0 Å². The first-order valence-electron chi connectivity index (χ1n) is 5.62. The van der Waals surface area contributed by atoms with Crippen molar-refractivity contribution >= 4 is 11.6 Å². The molecular weight excluding hydrogens is 252 g/mol. The predicted octanol–water partition coefficient (Wildman–Crippen LogP) is 3.28. The molecule has 2 rings (SSSR count). The Kier molecular flexibility index (Phi) is 3.68. The van der Waals surface area contributed by atoms with Crippen LogP contribution in [0.25, 0.3) is 0 Å². The summed E-state index contributed by atoms with van der Waals surface area (Å²) in [5, 5.41) is 7.51. The number of benzene rings is 1. The second-order valence-corrected chi connectivity index (χ2v) is 4.87. The molecule has 1 heterocycles. The number of hydrogen-bond acceptors (Lipinski definition) is 4. The maximum Gasteiger partial charge on any atom is 0.247 e. The van der Waals surface area contributed by atoms with Crippen molar-refractivity contribution in [3.63, 3.8) is 0 Å². The Labute approximate surface area is 111 Å². The molecule has 0 aliphatic heterocycles. The van der Waals surface area contributed by atoms with Crippen LogP contribution in [-0.4, -0.2) is 17.3 Å². The SMILES string of the molecule is COC(C)(C)c1nnc(C(Cl)c2ccccc2)o1. The van der Waals surface area contributed by atoms with Crippen LogP contribution in [0.15, 0.2) is 34.7 Å². The molecule has 2 aromatic rings. The average Bonchev–Trinajstić information content (AvgIpc) is 2.89. The summed E-state index contributed by atoms with van der Waals surface area (Å²) in [6.45, 7) is 3.71. The van der Waals surface area contributed by atoms with Crippen LogP contribution in [0.4, 0.5) is 0 Å². The lowest BCUT2D eigenvalue weighted by molar-refractivity contribution is -0.00448. The molecule has 0 amide bonds. The highest BCUT2D eigenvalue weighted by atomic mass is 35.5. The van der Waals surface area contributed by atoms with Crippen LogP contribution in [-0.2, 0) is 10.3 Å². The van der Waals surface area contributed by atoms with Crippen LogP contribution in [0, 0.1) is 0 Å². The smallest absolute Gasteiger partial charge is 0.247 e. The van der Waals surface area contributed by atoms with Crippen LogP contribution < -0.4 is 0 Å². The molecule has 0 aliphatic rings. The van der Waals surface area contributed by atoms with E-state index in [0.29, 0.717) is 11.8 Å². The third kappa shape index (κ3) is 2.54. The van der Waals surface area contributed by atoms with E-state index in [-0.39, 0.29) is 0 Å². The zero-order valence-electron chi connectivity index (χ0n) is 10.6. The van der Waals surface area contributed by atoms with Crippen molar-refractivity contribution in [2.45, 2.75) is 24.8 Å². The van der Waals surface area contributed by atoms with E-state index in [1.807, 2.05) is 44.2 Å². The minimum atomic E-state index is -0.613. The number of hydrogen-bond donors (Lipinski definition) is 0. The van der Waals surface area contributed by atoms with Crippen molar-refractivity contribution in [1.29, 1.82) is 0 Å². The van der Waals surface area contributed by atoms with Gasteiger partial charge in [0, 0.05) is 7.11 Å². The Morgan fingerprint density at radius 3 is 2.50 bits per heavy atom. The van der Waals surface area contributed by atoms with Crippen LogP contribution in [0.1, 0.15) is 36.6 Å². The van der Waals surface area contributed by atoms with Gasteiger partial charge in [-0.25, -0.2) is 0 Å². The number of nitrogens with zero attached hydrogens (tertiary/aromatic N) is 2. The van der Waals surface area contributed by atoms with E-state index in [4.69, 9.17) is 20.8 Å². The molecule has 0 aliphatic carbocycles. The van der Waals surface area contributed by atoms with Gasteiger partial charge in [-0.15, -0.1) is 21.8 Å². The van der Waals surface area contributed by atoms with Crippen molar-refractivity contribution in [3.8, 4) is 0 Å². The van der Waals surface area contributed by atoms with Gasteiger partial charge in [0.25, 0.3) is 0 Å². The molecular formula is C13H15ClN2O2. The van der Waals surface area contributed by atoms with Crippen LogP contribution in [0.2, 0.25) is 0 Å². The van der Waals surface area contributed by atoms with Crippen LogP contribution in [0.5, 0.6) is 0 Å². The number of aromatic nitrogens is 2. The fraction of sp³-hybridized carbons (Fsp3) is 0.385. The van der Waals surface area contributed by atoms with Gasteiger partial charge in [0.15, 0.2) is 0 Å².